The van der Waals surface area contributed by atoms with E-state index >= 15 is 0 Å². The maximum absolute atomic E-state index is 12.9. The number of anilines is 1. The lowest BCUT2D eigenvalue weighted by molar-refractivity contribution is -0.116. The molecule has 0 heterocycles. The fraction of sp³-hybridized carbons (Fsp3) is 0.211. The van der Waals surface area contributed by atoms with E-state index in [0.29, 0.717) is 16.8 Å². The van der Waals surface area contributed by atoms with Crippen molar-refractivity contribution >= 4 is 23.3 Å². The number of Topliss-reactive ketones (excluding diaryl/α,β-unsaturated/α-hetero) is 1. The van der Waals surface area contributed by atoms with Gasteiger partial charge >= 0.3 is 0 Å². The van der Waals surface area contributed by atoms with Gasteiger partial charge in [0.1, 0.15) is 5.82 Å². The predicted octanol–water partition coefficient (Wildman–Crippen LogP) is 2.81. The van der Waals surface area contributed by atoms with Crippen LogP contribution in [0.3, 0.4) is 0 Å². The summed E-state index contributed by atoms with van der Waals surface area (Å²) in [6.07, 6.45) is 0. The van der Waals surface area contributed by atoms with Gasteiger partial charge in [-0.2, -0.15) is 0 Å². The van der Waals surface area contributed by atoms with Gasteiger partial charge < -0.3 is 10.2 Å². The first-order valence-electron chi connectivity index (χ1n) is 7.81. The van der Waals surface area contributed by atoms with Gasteiger partial charge in [-0.3, -0.25) is 14.4 Å². The third-order valence-electron chi connectivity index (χ3n) is 3.69. The molecule has 25 heavy (non-hydrogen) atoms. The smallest absolute Gasteiger partial charge is 0.251 e. The first-order chi connectivity index (χ1) is 11.9. The minimum Gasteiger partial charge on any atom is -0.350 e. The Morgan fingerprint density at radius 3 is 2.00 bits per heavy atom. The SMILES string of the molecule is CC(=O)c1ccc(N(CCNC(=O)c2ccc(F)cc2)C(C)=O)cc1. The molecule has 0 aromatic heterocycles. The molecule has 0 aliphatic carbocycles. The second-order valence-corrected chi connectivity index (χ2v) is 5.54. The molecule has 2 aromatic rings. The molecule has 0 saturated heterocycles. The maximum atomic E-state index is 12.9. The van der Waals surface area contributed by atoms with E-state index in [1.807, 2.05) is 0 Å². The van der Waals surface area contributed by atoms with Crippen LogP contribution in [-0.4, -0.2) is 30.7 Å². The molecule has 0 saturated carbocycles. The summed E-state index contributed by atoms with van der Waals surface area (Å²) in [4.78, 5) is 36.7. The highest BCUT2D eigenvalue weighted by atomic mass is 19.1. The number of nitrogens with one attached hydrogen (secondary N) is 1. The van der Waals surface area contributed by atoms with Crippen molar-refractivity contribution in [2.24, 2.45) is 0 Å². The summed E-state index contributed by atoms with van der Waals surface area (Å²) >= 11 is 0. The number of halogens is 1. The molecule has 0 radical (unpaired) electrons. The Morgan fingerprint density at radius 1 is 0.920 bits per heavy atom. The molecule has 0 unspecified atom stereocenters. The highest BCUT2D eigenvalue weighted by Crippen LogP contribution is 2.15. The summed E-state index contributed by atoms with van der Waals surface area (Å²) in [6, 6.07) is 11.9. The molecule has 2 aromatic carbocycles. The van der Waals surface area contributed by atoms with Crippen molar-refractivity contribution in [3.8, 4) is 0 Å². The number of hydrogen-bond donors (Lipinski definition) is 1. The number of carbonyl (C=O) groups excluding carboxylic acids is 3. The van der Waals surface area contributed by atoms with Crippen LogP contribution in [0.15, 0.2) is 48.5 Å². The van der Waals surface area contributed by atoms with E-state index in [4.69, 9.17) is 0 Å². The van der Waals surface area contributed by atoms with E-state index in [1.165, 1.54) is 43.0 Å². The van der Waals surface area contributed by atoms with E-state index < -0.39 is 5.82 Å². The van der Waals surface area contributed by atoms with E-state index in [1.54, 1.807) is 24.3 Å². The van der Waals surface area contributed by atoms with Crippen molar-refractivity contribution in [2.45, 2.75) is 13.8 Å². The summed E-state index contributed by atoms with van der Waals surface area (Å²) in [7, 11) is 0. The van der Waals surface area contributed by atoms with Crippen molar-refractivity contribution < 1.29 is 18.8 Å². The van der Waals surface area contributed by atoms with Crippen molar-refractivity contribution in [2.75, 3.05) is 18.0 Å². The number of nitrogens with zero attached hydrogens (tertiary/aromatic N) is 1. The van der Waals surface area contributed by atoms with E-state index in [-0.39, 0.29) is 30.7 Å². The number of carbonyl (C=O) groups is 3. The van der Waals surface area contributed by atoms with Crippen molar-refractivity contribution in [3.63, 3.8) is 0 Å². The third kappa shape index (κ3) is 4.97. The maximum Gasteiger partial charge on any atom is 0.251 e. The fourth-order valence-corrected chi connectivity index (χ4v) is 2.33. The number of hydrogen-bond acceptors (Lipinski definition) is 3. The monoisotopic (exact) mass is 342 g/mol. The van der Waals surface area contributed by atoms with Crippen LogP contribution in [0.4, 0.5) is 10.1 Å². The molecule has 0 aliphatic heterocycles. The van der Waals surface area contributed by atoms with Crippen molar-refractivity contribution in [1.29, 1.82) is 0 Å². The molecule has 1 N–H and O–H groups in total. The first kappa shape index (κ1) is 18.3. The molecule has 0 spiro atoms. The third-order valence-corrected chi connectivity index (χ3v) is 3.69. The van der Waals surface area contributed by atoms with Crippen molar-refractivity contribution in [3.05, 3.63) is 65.5 Å². The van der Waals surface area contributed by atoms with Crippen LogP contribution >= 0.6 is 0 Å². The minimum absolute atomic E-state index is 0.0486. The Hall–Kier alpha value is -3.02. The first-order valence-corrected chi connectivity index (χ1v) is 7.81. The van der Waals surface area contributed by atoms with Crippen LogP contribution in [0.1, 0.15) is 34.6 Å². The zero-order valence-corrected chi connectivity index (χ0v) is 14.1. The van der Waals surface area contributed by atoms with Crippen LogP contribution in [-0.2, 0) is 4.79 Å². The average molecular weight is 342 g/mol. The number of ketones is 1. The second-order valence-electron chi connectivity index (χ2n) is 5.54. The molecule has 130 valence electrons. The Morgan fingerprint density at radius 2 is 1.48 bits per heavy atom. The Labute approximate surface area is 145 Å². The molecule has 0 bridgehead atoms. The van der Waals surface area contributed by atoms with Crippen LogP contribution < -0.4 is 10.2 Å². The number of amides is 2. The standard InChI is InChI=1S/C19H19FN2O3/c1-13(23)15-5-9-18(10-6-15)22(14(2)24)12-11-21-19(25)16-3-7-17(20)8-4-16/h3-10H,11-12H2,1-2H3,(H,21,25). The van der Waals surface area contributed by atoms with Gasteiger partial charge in [0, 0.05) is 36.8 Å². The molecule has 0 aliphatic rings. The molecule has 0 atom stereocenters. The molecule has 6 heteroatoms. The lowest BCUT2D eigenvalue weighted by atomic mass is 10.1. The highest BCUT2D eigenvalue weighted by Gasteiger charge is 2.13. The van der Waals surface area contributed by atoms with Crippen LogP contribution in [0.2, 0.25) is 0 Å². The largest absolute Gasteiger partial charge is 0.350 e. The van der Waals surface area contributed by atoms with Gasteiger partial charge in [-0.1, -0.05) is 0 Å². The van der Waals surface area contributed by atoms with E-state index in [9.17, 15) is 18.8 Å². The summed E-state index contributed by atoms with van der Waals surface area (Å²) < 4.78 is 12.9. The summed E-state index contributed by atoms with van der Waals surface area (Å²) in [5, 5.41) is 2.69. The van der Waals surface area contributed by atoms with Crippen LogP contribution in [0, 0.1) is 5.82 Å². The molecule has 0 fully saturated rings. The molecular formula is C19H19FN2O3. The Balaban J connectivity index is 1.97. The van der Waals surface area contributed by atoms with Gasteiger partial charge in [-0.05, 0) is 55.5 Å². The molecule has 2 rings (SSSR count). The van der Waals surface area contributed by atoms with E-state index in [2.05, 4.69) is 5.32 Å². The van der Waals surface area contributed by atoms with E-state index in [0.717, 1.165) is 0 Å². The van der Waals surface area contributed by atoms with Crippen LogP contribution in [0.25, 0.3) is 0 Å². The van der Waals surface area contributed by atoms with Crippen molar-refractivity contribution in [1.82, 2.24) is 5.32 Å². The summed E-state index contributed by atoms with van der Waals surface area (Å²) in [6.45, 7) is 3.43. The van der Waals surface area contributed by atoms with Gasteiger partial charge in [0.25, 0.3) is 5.91 Å². The normalized spacial score (nSPS) is 10.2. The Kier molecular flexibility index (Phi) is 6.00. The average Bonchev–Trinajstić information content (AvgIpc) is 2.59. The Bertz CT molecular complexity index is 770. The number of benzene rings is 2. The summed E-state index contributed by atoms with van der Waals surface area (Å²) in [5.41, 5.74) is 1.56. The minimum atomic E-state index is -0.409. The topological polar surface area (TPSA) is 66.5 Å². The molecular weight excluding hydrogens is 323 g/mol. The lowest BCUT2D eigenvalue weighted by Crippen LogP contribution is -2.37. The zero-order valence-electron chi connectivity index (χ0n) is 14.1. The molecule has 5 nitrogen and oxygen atoms in total. The van der Waals surface area contributed by atoms with Gasteiger partial charge in [0.2, 0.25) is 5.91 Å². The zero-order chi connectivity index (χ0) is 18.4. The van der Waals surface area contributed by atoms with Gasteiger partial charge in [0.05, 0.1) is 0 Å². The fourth-order valence-electron chi connectivity index (χ4n) is 2.33. The summed E-state index contributed by atoms with van der Waals surface area (Å²) in [5.74, 6) is -0.970. The van der Waals surface area contributed by atoms with Crippen LogP contribution in [0.5, 0.6) is 0 Å². The highest BCUT2D eigenvalue weighted by molar-refractivity contribution is 5.96. The molecule has 2 amide bonds. The van der Waals surface area contributed by atoms with Gasteiger partial charge in [-0.15, -0.1) is 0 Å². The predicted molar refractivity (Wildman–Crippen MR) is 93.2 cm³/mol. The second kappa shape index (κ2) is 8.19. The van der Waals surface area contributed by atoms with Gasteiger partial charge in [0.15, 0.2) is 5.78 Å². The number of rotatable bonds is 6. The quantitative estimate of drug-likeness (QED) is 0.821. The lowest BCUT2D eigenvalue weighted by Gasteiger charge is -2.21. The van der Waals surface area contributed by atoms with Gasteiger partial charge in [-0.25, -0.2) is 4.39 Å².